The van der Waals surface area contributed by atoms with Crippen LogP contribution < -0.4 is 11.1 Å². The van der Waals surface area contributed by atoms with E-state index < -0.39 is 5.82 Å². The minimum absolute atomic E-state index is 0.0176. The van der Waals surface area contributed by atoms with Crippen LogP contribution in [0.5, 0.6) is 0 Å². The SMILES string of the molecule is CCc1cc(C(=O)Nc2ccc(F)cc2C(N)=S)n(C)n1. The number of carbonyl (C=O) groups excluding carboxylic acids is 1. The van der Waals surface area contributed by atoms with E-state index in [4.69, 9.17) is 18.0 Å². The predicted molar refractivity (Wildman–Crippen MR) is 82.8 cm³/mol. The van der Waals surface area contributed by atoms with E-state index in [1.54, 1.807) is 13.1 Å². The number of aromatic nitrogens is 2. The quantitative estimate of drug-likeness (QED) is 0.848. The van der Waals surface area contributed by atoms with Crippen molar-refractivity contribution < 1.29 is 9.18 Å². The molecule has 1 heterocycles. The van der Waals surface area contributed by atoms with Crippen molar-refractivity contribution in [3.63, 3.8) is 0 Å². The molecule has 21 heavy (non-hydrogen) atoms. The molecule has 1 amide bonds. The molecule has 0 saturated carbocycles. The van der Waals surface area contributed by atoms with Gasteiger partial charge in [-0.05, 0) is 30.7 Å². The second-order valence-electron chi connectivity index (χ2n) is 4.51. The van der Waals surface area contributed by atoms with Crippen LogP contribution in [0.3, 0.4) is 0 Å². The molecule has 7 heteroatoms. The van der Waals surface area contributed by atoms with Crippen molar-refractivity contribution >= 4 is 28.8 Å². The summed E-state index contributed by atoms with van der Waals surface area (Å²) in [6.45, 7) is 1.95. The molecule has 0 bridgehead atoms. The van der Waals surface area contributed by atoms with Crippen molar-refractivity contribution in [1.29, 1.82) is 0 Å². The minimum Gasteiger partial charge on any atom is -0.389 e. The summed E-state index contributed by atoms with van der Waals surface area (Å²) in [4.78, 5) is 12.3. The number of amides is 1. The number of halogens is 1. The van der Waals surface area contributed by atoms with Gasteiger partial charge in [-0.25, -0.2) is 4.39 Å². The number of carbonyl (C=O) groups is 1. The summed E-state index contributed by atoms with van der Waals surface area (Å²) in [5.74, 6) is -0.821. The van der Waals surface area contributed by atoms with Crippen LogP contribution in [0.1, 0.15) is 28.7 Å². The molecule has 0 aliphatic heterocycles. The van der Waals surface area contributed by atoms with Gasteiger partial charge in [-0.2, -0.15) is 5.10 Å². The zero-order valence-corrected chi connectivity index (χ0v) is 12.5. The van der Waals surface area contributed by atoms with Crippen LogP contribution in [0.2, 0.25) is 0 Å². The van der Waals surface area contributed by atoms with Crippen LogP contribution in [0.25, 0.3) is 0 Å². The maximum absolute atomic E-state index is 13.2. The van der Waals surface area contributed by atoms with Crippen molar-refractivity contribution in [2.75, 3.05) is 5.32 Å². The number of nitrogens with one attached hydrogen (secondary N) is 1. The molecular weight excluding hydrogens is 291 g/mol. The van der Waals surface area contributed by atoms with Crippen LogP contribution in [0, 0.1) is 5.82 Å². The Morgan fingerprint density at radius 1 is 1.48 bits per heavy atom. The lowest BCUT2D eigenvalue weighted by Crippen LogP contribution is -2.20. The number of hydrogen-bond acceptors (Lipinski definition) is 3. The second-order valence-corrected chi connectivity index (χ2v) is 4.95. The van der Waals surface area contributed by atoms with Crippen molar-refractivity contribution in [1.82, 2.24) is 9.78 Å². The average molecular weight is 306 g/mol. The number of thiocarbonyl (C=S) groups is 1. The zero-order valence-electron chi connectivity index (χ0n) is 11.7. The summed E-state index contributed by atoms with van der Waals surface area (Å²) >= 11 is 4.87. The Labute approximate surface area is 126 Å². The Morgan fingerprint density at radius 3 is 2.76 bits per heavy atom. The summed E-state index contributed by atoms with van der Waals surface area (Å²) in [6.07, 6.45) is 0.732. The van der Waals surface area contributed by atoms with Gasteiger partial charge in [0.25, 0.3) is 5.91 Å². The fraction of sp³-hybridized carbons (Fsp3) is 0.214. The zero-order chi connectivity index (χ0) is 15.6. The second kappa shape index (κ2) is 6.01. The molecule has 0 fully saturated rings. The molecule has 2 aromatic rings. The fourth-order valence-electron chi connectivity index (χ4n) is 1.93. The Balaban J connectivity index is 2.31. The maximum atomic E-state index is 13.2. The van der Waals surface area contributed by atoms with Gasteiger partial charge in [-0.15, -0.1) is 0 Å². The molecule has 0 spiro atoms. The van der Waals surface area contributed by atoms with Gasteiger partial charge >= 0.3 is 0 Å². The third-order valence-corrected chi connectivity index (χ3v) is 3.24. The molecule has 0 unspecified atom stereocenters. The number of aryl methyl sites for hydroxylation is 2. The summed E-state index contributed by atoms with van der Waals surface area (Å²) in [5, 5.41) is 6.89. The Kier molecular flexibility index (Phi) is 4.32. The average Bonchev–Trinajstić information content (AvgIpc) is 2.82. The molecule has 0 radical (unpaired) electrons. The Hall–Kier alpha value is -2.28. The van der Waals surface area contributed by atoms with Crippen LogP contribution in [-0.4, -0.2) is 20.7 Å². The number of nitrogens with two attached hydrogens (primary N) is 1. The molecule has 1 aromatic carbocycles. The summed E-state index contributed by atoms with van der Waals surface area (Å²) < 4.78 is 14.7. The van der Waals surface area contributed by atoms with E-state index in [-0.39, 0.29) is 16.5 Å². The van der Waals surface area contributed by atoms with Crippen molar-refractivity contribution in [3.05, 3.63) is 47.0 Å². The summed E-state index contributed by atoms with van der Waals surface area (Å²) in [5.41, 5.74) is 7.43. The largest absolute Gasteiger partial charge is 0.389 e. The van der Waals surface area contributed by atoms with Gasteiger partial charge in [0.2, 0.25) is 0 Å². The first-order chi connectivity index (χ1) is 9.92. The number of nitrogens with zero attached hydrogens (tertiary/aromatic N) is 2. The van der Waals surface area contributed by atoms with Crippen molar-refractivity contribution in [2.45, 2.75) is 13.3 Å². The van der Waals surface area contributed by atoms with E-state index >= 15 is 0 Å². The first-order valence-corrected chi connectivity index (χ1v) is 6.76. The van der Waals surface area contributed by atoms with Gasteiger partial charge in [0.1, 0.15) is 16.5 Å². The lowest BCUT2D eigenvalue weighted by atomic mass is 10.1. The van der Waals surface area contributed by atoms with Gasteiger partial charge in [0.15, 0.2) is 0 Å². The molecule has 3 N–H and O–H groups in total. The van der Waals surface area contributed by atoms with E-state index in [1.807, 2.05) is 6.92 Å². The summed E-state index contributed by atoms with van der Waals surface area (Å²) in [6, 6.07) is 5.56. The molecule has 5 nitrogen and oxygen atoms in total. The molecule has 0 atom stereocenters. The highest BCUT2D eigenvalue weighted by Gasteiger charge is 2.15. The molecule has 0 aliphatic carbocycles. The van der Waals surface area contributed by atoms with Crippen molar-refractivity contribution in [3.8, 4) is 0 Å². The third-order valence-electron chi connectivity index (χ3n) is 3.02. The third kappa shape index (κ3) is 3.25. The number of hydrogen-bond donors (Lipinski definition) is 2. The van der Waals surface area contributed by atoms with E-state index in [9.17, 15) is 9.18 Å². The van der Waals surface area contributed by atoms with Gasteiger partial charge < -0.3 is 11.1 Å². The monoisotopic (exact) mass is 306 g/mol. The Morgan fingerprint density at radius 2 is 2.19 bits per heavy atom. The van der Waals surface area contributed by atoms with Gasteiger partial charge in [0.05, 0.1) is 11.4 Å². The fourth-order valence-corrected chi connectivity index (χ4v) is 2.10. The standard InChI is InChI=1S/C14H15FN4OS/c1-3-9-7-12(19(2)18-9)14(20)17-11-5-4-8(15)6-10(11)13(16)21/h4-7H,3H2,1-2H3,(H2,16,21)(H,17,20). The first-order valence-electron chi connectivity index (χ1n) is 6.36. The molecular formula is C14H15FN4OS. The summed E-state index contributed by atoms with van der Waals surface area (Å²) in [7, 11) is 1.69. The maximum Gasteiger partial charge on any atom is 0.273 e. The van der Waals surface area contributed by atoms with E-state index in [1.165, 1.54) is 22.9 Å². The predicted octanol–water partition coefficient (Wildman–Crippen LogP) is 2.01. The van der Waals surface area contributed by atoms with Crippen LogP contribution >= 0.6 is 12.2 Å². The van der Waals surface area contributed by atoms with E-state index in [0.717, 1.165) is 12.1 Å². The van der Waals surface area contributed by atoms with Crippen LogP contribution in [-0.2, 0) is 13.5 Å². The number of anilines is 1. The molecule has 110 valence electrons. The number of benzene rings is 1. The van der Waals surface area contributed by atoms with Crippen molar-refractivity contribution in [2.24, 2.45) is 12.8 Å². The Bertz CT molecular complexity index is 711. The topological polar surface area (TPSA) is 72.9 Å². The number of rotatable bonds is 4. The molecule has 2 rings (SSSR count). The van der Waals surface area contributed by atoms with E-state index in [2.05, 4.69) is 10.4 Å². The van der Waals surface area contributed by atoms with Crippen LogP contribution in [0.15, 0.2) is 24.3 Å². The molecule has 0 aliphatic rings. The van der Waals surface area contributed by atoms with E-state index in [0.29, 0.717) is 11.4 Å². The smallest absolute Gasteiger partial charge is 0.273 e. The highest BCUT2D eigenvalue weighted by atomic mass is 32.1. The van der Waals surface area contributed by atoms with Gasteiger partial charge in [-0.1, -0.05) is 19.1 Å². The highest BCUT2D eigenvalue weighted by Crippen LogP contribution is 2.18. The molecule has 0 saturated heterocycles. The normalized spacial score (nSPS) is 10.4. The minimum atomic E-state index is -0.468. The lowest BCUT2D eigenvalue weighted by Gasteiger charge is -2.10. The molecule has 1 aromatic heterocycles. The highest BCUT2D eigenvalue weighted by molar-refractivity contribution is 7.80. The lowest BCUT2D eigenvalue weighted by molar-refractivity contribution is 0.101. The van der Waals surface area contributed by atoms with Gasteiger partial charge in [0, 0.05) is 12.6 Å². The van der Waals surface area contributed by atoms with Crippen LogP contribution in [0.4, 0.5) is 10.1 Å². The van der Waals surface area contributed by atoms with Gasteiger partial charge in [-0.3, -0.25) is 9.48 Å². The first kappa shape index (κ1) is 15.1.